The fraction of sp³-hybridized carbons (Fsp3) is 0.562. The Morgan fingerprint density at radius 3 is 2.60 bits per heavy atom. The van der Waals surface area contributed by atoms with Crippen LogP contribution in [0.1, 0.15) is 61.9 Å². The Morgan fingerprint density at radius 2 is 1.95 bits per heavy atom. The number of halogens is 2. The topological polar surface area (TPSA) is 29.1 Å². The van der Waals surface area contributed by atoms with Crippen molar-refractivity contribution < 1.29 is 13.6 Å². The van der Waals surface area contributed by atoms with Crippen LogP contribution in [0, 0.1) is 18.6 Å². The van der Waals surface area contributed by atoms with Crippen molar-refractivity contribution in [2.75, 3.05) is 0 Å². The highest BCUT2D eigenvalue weighted by atomic mass is 19.1. The second kappa shape index (κ2) is 7.98. The first kappa shape index (κ1) is 16.6. The lowest BCUT2D eigenvalue weighted by Gasteiger charge is -2.15. The molecule has 112 valence electrons. The predicted octanol–water partition coefficient (Wildman–Crippen LogP) is 4.36. The molecule has 1 atom stereocenters. The summed E-state index contributed by atoms with van der Waals surface area (Å²) in [5.74, 6) is -2.27. The number of carbonyl (C=O) groups is 1. The molecule has 0 saturated carbocycles. The summed E-state index contributed by atoms with van der Waals surface area (Å²) < 4.78 is 27.4. The molecule has 0 spiro atoms. The molecular weight excluding hydrogens is 260 g/mol. The third kappa shape index (κ3) is 4.58. The molecule has 2 nitrogen and oxygen atoms in total. The van der Waals surface area contributed by atoms with E-state index in [-0.39, 0.29) is 11.6 Å². The lowest BCUT2D eigenvalue weighted by molar-refractivity contribution is 0.0929. The lowest BCUT2D eigenvalue weighted by Crippen LogP contribution is -2.33. The molecule has 1 N–H and O–H groups in total. The van der Waals surface area contributed by atoms with Crippen LogP contribution in [0.3, 0.4) is 0 Å². The van der Waals surface area contributed by atoms with E-state index in [0.717, 1.165) is 31.7 Å². The van der Waals surface area contributed by atoms with Crippen LogP contribution in [0.25, 0.3) is 0 Å². The van der Waals surface area contributed by atoms with Gasteiger partial charge in [-0.15, -0.1) is 0 Å². The molecule has 1 amide bonds. The van der Waals surface area contributed by atoms with Gasteiger partial charge in [-0.05, 0) is 31.9 Å². The van der Waals surface area contributed by atoms with Gasteiger partial charge in [0.15, 0.2) is 0 Å². The van der Waals surface area contributed by atoms with E-state index in [0.29, 0.717) is 0 Å². The van der Waals surface area contributed by atoms with Crippen LogP contribution < -0.4 is 5.32 Å². The molecule has 1 aromatic carbocycles. The van der Waals surface area contributed by atoms with Crippen molar-refractivity contribution in [2.24, 2.45) is 0 Å². The number of hydrogen-bond acceptors (Lipinski definition) is 1. The fourth-order valence-electron chi connectivity index (χ4n) is 2.11. The number of nitrogens with one attached hydrogen (secondary N) is 1. The van der Waals surface area contributed by atoms with Crippen molar-refractivity contribution in [2.45, 2.75) is 58.9 Å². The molecule has 0 fully saturated rings. The Bertz CT molecular complexity index is 460. The fourth-order valence-corrected chi connectivity index (χ4v) is 2.11. The van der Waals surface area contributed by atoms with E-state index >= 15 is 0 Å². The Labute approximate surface area is 119 Å². The Hall–Kier alpha value is -1.45. The monoisotopic (exact) mass is 283 g/mol. The minimum atomic E-state index is -0.816. The Morgan fingerprint density at radius 1 is 1.25 bits per heavy atom. The maximum atomic E-state index is 13.8. The van der Waals surface area contributed by atoms with Gasteiger partial charge in [0.1, 0.15) is 17.2 Å². The molecule has 0 heterocycles. The summed E-state index contributed by atoms with van der Waals surface area (Å²) in [4.78, 5) is 11.9. The van der Waals surface area contributed by atoms with Gasteiger partial charge in [-0.3, -0.25) is 4.79 Å². The maximum Gasteiger partial charge on any atom is 0.257 e. The van der Waals surface area contributed by atoms with Crippen LogP contribution in [0.15, 0.2) is 12.1 Å². The summed E-state index contributed by atoms with van der Waals surface area (Å²) in [5, 5.41) is 2.66. The van der Waals surface area contributed by atoms with Gasteiger partial charge in [-0.2, -0.15) is 0 Å². The van der Waals surface area contributed by atoms with Crippen molar-refractivity contribution in [1.82, 2.24) is 5.32 Å². The van der Waals surface area contributed by atoms with Gasteiger partial charge in [-0.25, -0.2) is 8.78 Å². The standard InChI is InChI=1S/C16H23F2NO/c1-4-5-6-7-8-12(3)19-16(20)14-13(17)10-9-11(2)15(14)18/h9-10,12H,4-8H2,1-3H3,(H,19,20). The van der Waals surface area contributed by atoms with Crippen LogP contribution in [0.5, 0.6) is 0 Å². The van der Waals surface area contributed by atoms with Crippen LogP contribution in [-0.2, 0) is 0 Å². The predicted molar refractivity (Wildman–Crippen MR) is 76.8 cm³/mol. The average molecular weight is 283 g/mol. The Kier molecular flexibility index (Phi) is 6.62. The van der Waals surface area contributed by atoms with Crippen molar-refractivity contribution in [3.8, 4) is 0 Å². The van der Waals surface area contributed by atoms with Crippen molar-refractivity contribution in [3.63, 3.8) is 0 Å². The van der Waals surface area contributed by atoms with Crippen molar-refractivity contribution in [3.05, 3.63) is 34.9 Å². The highest BCUT2D eigenvalue weighted by Crippen LogP contribution is 2.16. The van der Waals surface area contributed by atoms with E-state index in [9.17, 15) is 13.6 Å². The third-order valence-electron chi connectivity index (χ3n) is 3.38. The number of carbonyl (C=O) groups excluding carboxylic acids is 1. The molecule has 1 unspecified atom stereocenters. The van der Waals surface area contributed by atoms with Gasteiger partial charge in [0.05, 0.1) is 0 Å². The molecule has 4 heteroatoms. The number of benzene rings is 1. The highest BCUT2D eigenvalue weighted by Gasteiger charge is 2.20. The lowest BCUT2D eigenvalue weighted by atomic mass is 10.1. The third-order valence-corrected chi connectivity index (χ3v) is 3.38. The molecule has 0 aliphatic carbocycles. The van der Waals surface area contributed by atoms with Gasteiger partial charge in [0.2, 0.25) is 0 Å². The maximum absolute atomic E-state index is 13.8. The summed E-state index contributed by atoms with van der Waals surface area (Å²) in [6.45, 7) is 5.50. The van der Waals surface area contributed by atoms with E-state index in [4.69, 9.17) is 0 Å². The number of unbranched alkanes of at least 4 members (excludes halogenated alkanes) is 3. The minimum Gasteiger partial charge on any atom is -0.349 e. The SMILES string of the molecule is CCCCCCC(C)NC(=O)c1c(F)ccc(C)c1F. The second-order valence-electron chi connectivity index (χ2n) is 5.28. The molecule has 0 aliphatic rings. The zero-order chi connectivity index (χ0) is 15.1. The molecular formula is C16H23F2NO. The molecule has 1 aromatic rings. The zero-order valence-corrected chi connectivity index (χ0v) is 12.4. The first-order valence-corrected chi connectivity index (χ1v) is 7.22. The summed E-state index contributed by atoms with van der Waals surface area (Å²) in [5.41, 5.74) is -0.211. The van der Waals surface area contributed by atoms with Crippen LogP contribution in [-0.4, -0.2) is 11.9 Å². The van der Waals surface area contributed by atoms with Gasteiger partial charge in [0.25, 0.3) is 5.91 Å². The molecule has 20 heavy (non-hydrogen) atoms. The second-order valence-corrected chi connectivity index (χ2v) is 5.28. The van der Waals surface area contributed by atoms with E-state index in [1.54, 1.807) is 0 Å². The number of amides is 1. The average Bonchev–Trinajstić information content (AvgIpc) is 2.39. The minimum absolute atomic E-state index is 0.0846. The van der Waals surface area contributed by atoms with Crippen LogP contribution in [0.4, 0.5) is 8.78 Å². The van der Waals surface area contributed by atoms with Crippen LogP contribution in [0.2, 0.25) is 0 Å². The van der Waals surface area contributed by atoms with E-state index < -0.39 is 23.1 Å². The zero-order valence-electron chi connectivity index (χ0n) is 12.4. The van der Waals surface area contributed by atoms with Gasteiger partial charge in [0, 0.05) is 6.04 Å². The molecule has 0 radical (unpaired) electrons. The molecule has 1 rings (SSSR count). The summed E-state index contributed by atoms with van der Waals surface area (Å²) in [7, 11) is 0. The largest absolute Gasteiger partial charge is 0.349 e. The molecule has 0 saturated heterocycles. The molecule has 0 aromatic heterocycles. The van der Waals surface area contributed by atoms with E-state index in [2.05, 4.69) is 12.2 Å². The van der Waals surface area contributed by atoms with Crippen molar-refractivity contribution >= 4 is 5.91 Å². The quantitative estimate of drug-likeness (QED) is 0.740. The van der Waals surface area contributed by atoms with Gasteiger partial charge >= 0.3 is 0 Å². The summed E-state index contributed by atoms with van der Waals surface area (Å²) >= 11 is 0. The normalized spacial score (nSPS) is 12.2. The summed E-state index contributed by atoms with van der Waals surface area (Å²) in [6, 6.07) is 2.37. The first-order chi connectivity index (χ1) is 9.47. The number of rotatable bonds is 7. The highest BCUT2D eigenvalue weighted by molar-refractivity contribution is 5.95. The van der Waals surface area contributed by atoms with Crippen molar-refractivity contribution in [1.29, 1.82) is 0 Å². The van der Waals surface area contributed by atoms with E-state index in [1.165, 1.54) is 19.4 Å². The summed E-state index contributed by atoms with van der Waals surface area (Å²) in [6.07, 6.45) is 5.26. The first-order valence-electron chi connectivity index (χ1n) is 7.22. The smallest absolute Gasteiger partial charge is 0.257 e. The molecule has 0 aliphatic heterocycles. The number of aryl methyl sites for hydroxylation is 1. The van der Waals surface area contributed by atoms with E-state index in [1.807, 2.05) is 6.92 Å². The van der Waals surface area contributed by atoms with Crippen LogP contribution >= 0.6 is 0 Å². The van der Waals surface area contributed by atoms with Gasteiger partial charge in [-0.1, -0.05) is 38.7 Å². The Balaban J connectivity index is 2.61. The van der Waals surface area contributed by atoms with Gasteiger partial charge < -0.3 is 5.32 Å². The number of hydrogen-bond donors (Lipinski definition) is 1. The molecule has 0 bridgehead atoms.